The van der Waals surface area contributed by atoms with E-state index in [1.54, 1.807) is 30.3 Å². The molecule has 1 heterocycles. The quantitative estimate of drug-likeness (QED) is 0.819. The molecule has 0 aliphatic carbocycles. The van der Waals surface area contributed by atoms with Crippen molar-refractivity contribution in [3.05, 3.63) is 70.3 Å². The van der Waals surface area contributed by atoms with Gasteiger partial charge in [0.1, 0.15) is 6.61 Å². The van der Waals surface area contributed by atoms with Gasteiger partial charge in [-0.15, -0.1) is 0 Å². The van der Waals surface area contributed by atoms with Crippen LogP contribution in [0.3, 0.4) is 0 Å². The van der Waals surface area contributed by atoms with E-state index < -0.39 is 17.8 Å². The number of carboxylic acids is 1. The van der Waals surface area contributed by atoms with Crippen molar-refractivity contribution in [2.24, 2.45) is 0 Å². The maximum atomic E-state index is 12.3. The van der Waals surface area contributed by atoms with E-state index in [1.165, 1.54) is 18.2 Å². The molecule has 1 aliphatic rings. The van der Waals surface area contributed by atoms with Gasteiger partial charge in [0.2, 0.25) is 0 Å². The first-order valence-electron chi connectivity index (χ1n) is 7.27. The molecule has 0 unspecified atom stereocenters. The second-order valence-corrected chi connectivity index (χ2v) is 5.68. The Morgan fingerprint density at radius 3 is 2.44 bits per heavy atom. The second kappa shape index (κ2) is 6.78. The maximum Gasteiger partial charge on any atom is 0.338 e. The monoisotopic (exact) mass is 357 g/mol. The molecule has 0 spiro atoms. The van der Waals surface area contributed by atoms with Crippen molar-refractivity contribution in [1.29, 1.82) is 0 Å². The van der Waals surface area contributed by atoms with E-state index in [9.17, 15) is 19.5 Å². The first-order valence-corrected chi connectivity index (χ1v) is 7.65. The summed E-state index contributed by atoms with van der Waals surface area (Å²) < 4.78 is 4.84. The number of carboxylic acid groups (broad SMARTS) is 1. The molecule has 1 aliphatic heterocycles. The van der Waals surface area contributed by atoms with Crippen LogP contribution in [0.4, 0.5) is 5.69 Å². The Hall–Kier alpha value is -3.12. The number of hydrogen-bond donors (Lipinski definition) is 2. The van der Waals surface area contributed by atoms with E-state index in [1.807, 2.05) is 0 Å². The molecule has 2 aromatic carbocycles. The van der Waals surface area contributed by atoms with Gasteiger partial charge in [0, 0.05) is 10.6 Å². The Bertz CT molecular complexity index is 902. The van der Waals surface area contributed by atoms with E-state index in [-0.39, 0.29) is 22.9 Å². The number of cyclic esters (lactones) is 1. The molecule has 6 nitrogen and oxygen atoms in total. The van der Waals surface area contributed by atoms with E-state index in [2.05, 4.69) is 5.32 Å². The number of nitrogens with one attached hydrogen (secondary N) is 1. The lowest BCUT2D eigenvalue weighted by molar-refractivity contribution is -0.133. The fraction of sp³-hybridized carbons (Fsp3) is 0.0556. The molecular weight excluding hydrogens is 346 g/mol. The van der Waals surface area contributed by atoms with Gasteiger partial charge >= 0.3 is 11.9 Å². The van der Waals surface area contributed by atoms with Gasteiger partial charge < -0.3 is 15.2 Å². The Morgan fingerprint density at radius 2 is 1.84 bits per heavy atom. The molecule has 0 fully saturated rings. The molecule has 3 rings (SSSR count). The largest absolute Gasteiger partial charge is 0.478 e. The molecule has 25 heavy (non-hydrogen) atoms. The summed E-state index contributed by atoms with van der Waals surface area (Å²) in [5.41, 5.74) is 1.47. The lowest BCUT2D eigenvalue weighted by Gasteiger charge is -2.09. The summed E-state index contributed by atoms with van der Waals surface area (Å²) in [7, 11) is 0. The van der Waals surface area contributed by atoms with Gasteiger partial charge in [-0.25, -0.2) is 9.59 Å². The van der Waals surface area contributed by atoms with Crippen LogP contribution in [0.2, 0.25) is 5.02 Å². The van der Waals surface area contributed by atoms with Crippen LogP contribution in [0.1, 0.15) is 26.3 Å². The third kappa shape index (κ3) is 3.54. The molecule has 0 atom stereocenters. The van der Waals surface area contributed by atoms with Crippen molar-refractivity contribution in [3.8, 4) is 0 Å². The summed E-state index contributed by atoms with van der Waals surface area (Å²) in [5, 5.41) is 12.0. The van der Waals surface area contributed by atoms with Gasteiger partial charge in [-0.2, -0.15) is 0 Å². The molecule has 2 N–H and O–H groups in total. The van der Waals surface area contributed by atoms with Crippen LogP contribution < -0.4 is 5.32 Å². The zero-order valence-corrected chi connectivity index (χ0v) is 13.5. The summed E-state index contributed by atoms with van der Waals surface area (Å²) in [4.78, 5) is 35.1. The molecule has 0 bridgehead atoms. The highest BCUT2D eigenvalue weighted by Gasteiger charge is 2.19. The Kier molecular flexibility index (Phi) is 4.54. The number of aromatic carboxylic acids is 1. The topological polar surface area (TPSA) is 92.7 Å². The molecule has 1 amide bonds. The number of carbonyl (C=O) groups excluding carboxylic acids is 2. The van der Waals surface area contributed by atoms with E-state index in [0.717, 1.165) is 0 Å². The third-order valence-corrected chi connectivity index (χ3v) is 3.88. The zero-order chi connectivity index (χ0) is 18.0. The Balaban J connectivity index is 1.80. The van der Waals surface area contributed by atoms with Crippen LogP contribution in [0, 0.1) is 0 Å². The van der Waals surface area contributed by atoms with E-state index in [4.69, 9.17) is 16.3 Å². The predicted molar refractivity (Wildman–Crippen MR) is 91.7 cm³/mol. The van der Waals surface area contributed by atoms with Gasteiger partial charge in [-0.3, -0.25) is 4.79 Å². The van der Waals surface area contributed by atoms with Gasteiger partial charge in [-0.05, 0) is 42.0 Å². The fourth-order valence-corrected chi connectivity index (χ4v) is 2.57. The average molecular weight is 358 g/mol. The minimum Gasteiger partial charge on any atom is -0.478 e. The fourth-order valence-electron chi connectivity index (χ4n) is 2.40. The van der Waals surface area contributed by atoms with Gasteiger partial charge in [-0.1, -0.05) is 23.7 Å². The number of anilines is 1. The number of benzene rings is 2. The average Bonchev–Trinajstić information content (AvgIpc) is 3.02. The molecule has 0 saturated carbocycles. The Labute approximate surface area is 147 Å². The number of carbonyl (C=O) groups is 3. The highest BCUT2D eigenvalue weighted by atomic mass is 35.5. The summed E-state index contributed by atoms with van der Waals surface area (Å²) in [6.45, 7) is 0.241. The zero-order valence-electron chi connectivity index (χ0n) is 12.8. The summed E-state index contributed by atoms with van der Waals surface area (Å²) in [5.74, 6) is -2.07. The van der Waals surface area contributed by atoms with Crippen molar-refractivity contribution in [2.75, 3.05) is 11.9 Å². The molecule has 0 aromatic heterocycles. The molecule has 0 saturated heterocycles. The summed E-state index contributed by atoms with van der Waals surface area (Å²) in [6.07, 6.45) is 1.67. The van der Waals surface area contributed by atoms with Crippen LogP contribution in [0.15, 0.2) is 48.5 Å². The van der Waals surface area contributed by atoms with E-state index in [0.29, 0.717) is 16.7 Å². The van der Waals surface area contributed by atoms with Crippen molar-refractivity contribution >= 4 is 40.7 Å². The van der Waals surface area contributed by atoms with Crippen molar-refractivity contribution in [3.63, 3.8) is 0 Å². The van der Waals surface area contributed by atoms with Crippen molar-refractivity contribution in [1.82, 2.24) is 0 Å². The van der Waals surface area contributed by atoms with Crippen LogP contribution in [-0.2, 0) is 9.53 Å². The predicted octanol–water partition coefficient (Wildman–Crippen LogP) is 3.23. The number of ether oxygens (including phenoxy) is 1. The molecular formula is C18H12ClNO5. The standard InChI is InChI=1S/C18H12ClNO5/c19-12-5-6-15(14(9-12)17(22)23)20-16(21)11-3-1-10(2-4-11)13-7-8-25-18(13)24/h1-7,9H,8H2,(H,20,21)(H,22,23). The minimum absolute atomic E-state index is 0.101. The smallest absolute Gasteiger partial charge is 0.338 e. The SMILES string of the molecule is O=C1OCC=C1c1ccc(C(=O)Nc2ccc(Cl)cc2C(=O)O)cc1. The molecule has 7 heteroatoms. The number of rotatable bonds is 4. The van der Waals surface area contributed by atoms with Crippen molar-refractivity contribution in [2.45, 2.75) is 0 Å². The summed E-state index contributed by atoms with van der Waals surface area (Å²) in [6, 6.07) is 10.5. The van der Waals surface area contributed by atoms with Crippen molar-refractivity contribution < 1.29 is 24.2 Å². The minimum atomic E-state index is -1.19. The van der Waals surface area contributed by atoms with Crippen LogP contribution in [0.5, 0.6) is 0 Å². The first-order chi connectivity index (χ1) is 12.0. The number of amides is 1. The first kappa shape index (κ1) is 16.7. The summed E-state index contributed by atoms with van der Waals surface area (Å²) >= 11 is 5.79. The normalized spacial score (nSPS) is 13.2. The highest BCUT2D eigenvalue weighted by Crippen LogP contribution is 2.23. The number of esters is 1. The highest BCUT2D eigenvalue weighted by molar-refractivity contribution is 6.31. The molecule has 0 radical (unpaired) electrons. The van der Waals surface area contributed by atoms with Gasteiger partial charge in [0.15, 0.2) is 0 Å². The van der Waals surface area contributed by atoms with E-state index >= 15 is 0 Å². The maximum absolute atomic E-state index is 12.3. The lowest BCUT2D eigenvalue weighted by Crippen LogP contribution is -2.15. The Morgan fingerprint density at radius 1 is 1.12 bits per heavy atom. The molecule has 2 aromatic rings. The van der Waals surface area contributed by atoms with Crippen LogP contribution >= 0.6 is 11.6 Å². The van der Waals surface area contributed by atoms with Crippen LogP contribution in [-0.4, -0.2) is 29.6 Å². The number of hydrogen-bond acceptors (Lipinski definition) is 4. The van der Waals surface area contributed by atoms with Gasteiger partial charge in [0.25, 0.3) is 5.91 Å². The van der Waals surface area contributed by atoms with Crippen LogP contribution in [0.25, 0.3) is 5.57 Å². The lowest BCUT2D eigenvalue weighted by atomic mass is 10.0. The third-order valence-electron chi connectivity index (χ3n) is 3.64. The second-order valence-electron chi connectivity index (χ2n) is 5.24. The molecule has 126 valence electrons. The van der Waals surface area contributed by atoms with Gasteiger partial charge in [0.05, 0.1) is 16.8 Å². The number of halogens is 1.